The Morgan fingerprint density at radius 3 is 2.27 bits per heavy atom. The molecule has 0 aromatic carbocycles. The first-order valence-electron chi connectivity index (χ1n) is 8.57. The summed E-state index contributed by atoms with van der Waals surface area (Å²) in [5.41, 5.74) is -0.647. The van der Waals surface area contributed by atoms with Gasteiger partial charge in [0, 0.05) is 19.6 Å². The van der Waals surface area contributed by atoms with Crippen LogP contribution in [0.3, 0.4) is 0 Å². The first-order valence-corrected chi connectivity index (χ1v) is 8.57. The van der Waals surface area contributed by atoms with Gasteiger partial charge in [-0.15, -0.1) is 0 Å². The van der Waals surface area contributed by atoms with Crippen LogP contribution in [0.15, 0.2) is 0 Å². The molecule has 26 heavy (non-hydrogen) atoms. The number of methoxy groups -OCH3 is 1. The molecule has 0 aliphatic carbocycles. The van der Waals surface area contributed by atoms with E-state index >= 15 is 0 Å². The number of esters is 2. The molecule has 1 heterocycles. The molecule has 9 nitrogen and oxygen atoms in total. The largest absolute Gasteiger partial charge is 0.469 e. The molecule has 2 amide bonds. The van der Waals surface area contributed by atoms with Gasteiger partial charge in [-0.2, -0.15) is 0 Å². The Balaban J connectivity index is 2.82. The molecule has 1 rings (SSSR count). The molecule has 1 aliphatic heterocycles. The maximum Gasteiger partial charge on any atom is 0.410 e. The monoisotopic (exact) mass is 372 g/mol. The molecule has 1 atom stereocenters. The van der Waals surface area contributed by atoms with Crippen LogP contribution in [-0.2, 0) is 28.6 Å². The minimum absolute atomic E-state index is 0.0790. The molecule has 0 radical (unpaired) electrons. The third kappa shape index (κ3) is 6.89. The van der Waals surface area contributed by atoms with E-state index in [0.29, 0.717) is 0 Å². The van der Waals surface area contributed by atoms with E-state index in [0.717, 1.165) is 0 Å². The second-order valence-corrected chi connectivity index (χ2v) is 6.93. The average molecular weight is 372 g/mol. The molecule has 1 fully saturated rings. The molecule has 1 saturated heterocycles. The van der Waals surface area contributed by atoms with Crippen LogP contribution < -0.4 is 0 Å². The summed E-state index contributed by atoms with van der Waals surface area (Å²) in [5, 5.41) is 0. The maximum atomic E-state index is 12.4. The van der Waals surface area contributed by atoms with E-state index in [-0.39, 0.29) is 32.7 Å². The molecular weight excluding hydrogens is 344 g/mol. The lowest BCUT2D eigenvalue weighted by atomic mass is 10.1. The van der Waals surface area contributed by atoms with Crippen LogP contribution in [-0.4, -0.2) is 78.7 Å². The van der Waals surface area contributed by atoms with Crippen molar-refractivity contribution in [3.05, 3.63) is 0 Å². The van der Waals surface area contributed by atoms with Crippen LogP contribution in [0.4, 0.5) is 4.79 Å². The van der Waals surface area contributed by atoms with E-state index in [1.54, 1.807) is 27.7 Å². The SMILES string of the molecule is CCOC(=O)CC(=O)N1CCN(C(=O)OC(C)(C)C)CC1CC(=O)OC. The van der Waals surface area contributed by atoms with Crippen LogP contribution in [0.25, 0.3) is 0 Å². The first-order chi connectivity index (χ1) is 12.1. The fourth-order valence-corrected chi connectivity index (χ4v) is 2.56. The van der Waals surface area contributed by atoms with Gasteiger partial charge < -0.3 is 24.0 Å². The van der Waals surface area contributed by atoms with Crippen molar-refractivity contribution in [1.29, 1.82) is 0 Å². The van der Waals surface area contributed by atoms with Gasteiger partial charge in [-0.3, -0.25) is 14.4 Å². The highest BCUT2D eigenvalue weighted by Gasteiger charge is 2.36. The Morgan fingerprint density at radius 2 is 1.73 bits per heavy atom. The topological polar surface area (TPSA) is 102 Å². The second kappa shape index (κ2) is 9.40. The first kappa shape index (κ1) is 21.7. The van der Waals surface area contributed by atoms with E-state index in [1.807, 2.05) is 0 Å². The molecule has 0 bridgehead atoms. The number of amides is 2. The maximum absolute atomic E-state index is 12.4. The zero-order valence-electron chi connectivity index (χ0n) is 16.1. The number of ether oxygens (including phenoxy) is 3. The third-order valence-electron chi connectivity index (χ3n) is 3.69. The van der Waals surface area contributed by atoms with Crippen molar-refractivity contribution >= 4 is 23.9 Å². The Labute approximate surface area is 153 Å². The van der Waals surface area contributed by atoms with Crippen LogP contribution in [0.5, 0.6) is 0 Å². The van der Waals surface area contributed by atoms with Gasteiger partial charge >= 0.3 is 18.0 Å². The van der Waals surface area contributed by atoms with Crippen molar-refractivity contribution in [1.82, 2.24) is 9.80 Å². The Kier molecular flexibility index (Phi) is 7.85. The number of piperazine rings is 1. The lowest BCUT2D eigenvalue weighted by Gasteiger charge is -2.41. The number of rotatable bonds is 5. The summed E-state index contributed by atoms with van der Waals surface area (Å²) >= 11 is 0. The van der Waals surface area contributed by atoms with Crippen LogP contribution in [0.1, 0.15) is 40.5 Å². The van der Waals surface area contributed by atoms with Crippen LogP contribution in [0.2, 0.25) is 0 Å². The predicted octanol–water partition coefficient (Wildman–Crippen LogP) is 0.951. The number of carbonyl (C=O) groups is 4. The van der Waals surface area contributed by atoms with E-state index in [9.17, 15) is 19.2 Å². The second-order valence-electron chi connectivity index (χ2n) is 6.93. The van der Waals surface area contributed by atoms with Crippen LogP contribution >= 0.6 is 0 Å². The normalized spacial score (nSPS) is 17.5. The van der Waals surface area contributed by atoms with Crippen molar-refractivity contribution in [3.63, 3.8) is 0 Å². The van der Waals surface area contributed by atoms with Gasteiger partial charge in [0.05, 0.1) is 26.2 Å². The zero-order valence-corrected chi connectivity index (χ0v) is 16.1. The summed E-state index contributed by atoms with van der Waals surface area (Å²) in [6, 6.07) is -0.592. The standard InChI is InChI=1S/C17H28N2O7/c1-6-25-15(22)10-13(20)19-8-7-18(16(23)26-17(2,3)4)11-12(19)9-14(21)24-5/h12H,6-11H2,1-5H3. The van der Waals surface area contributed by atoms with E-state index < -0.39 is 42.0 Å². The molecule has 0 spiro atoms. The van der Waals surface area contributed by atoms with Gasteiger partial charge in [-0.25, -0.2) is 4.79 Å². The zero-order chi connectivity index (χ0) is 19.9. The average Bonchev–Trinajstić information content (AvgIpc) is 2.53. The molecule has 0 saturated carbocycles. The molecule has 9 heteroatoms. The summed E-state index contributed by atoms with van der Waals surface area (Å²) in [6.07, 6.45) is -0.993. The summed E-state index contributed by atoms with van der Waals surface area (Å²) < 4.78 is 14.8. The summed E-state index contributed by atoms with van der Waals surface area (Å²) in [6.45, 7) is 7.69. The van der Waals surface area contributed by atoms with Gasteiger partial charge in [-0.1, -0.05) is 0 Å². The van der Waals surface area contributed by atoms with Gasteiger partial charge in [0.25, 0.3) is 0 Å². The minimum Gasteiger partial charge on any atom is -0.469 e. The molecule has 0 aromatic rings. The fraction of sp³-hybridized carbons (Fsp3) is 0.765. The van der Waals surface area contributed by atoms with Gasteiger partial charge in [0.1, 0.15) is 12.0 Å². The number of hydrogen-bond acceptors (Lipinski definition) is 7. The van der Waals surface area contributed by atoms with Crippen molar-refractivity contribution in [2.75, 3.05) is 33.4 Å². The van der Waals surface area contributed by atoms with Crippen molar-refractivity contribution in [2.45, 2.75) is 52.2 Å². The van der Waals surface area contributed by atoms with Gasteiger partial charge in [0.15, 0.2) is 0 Å². The fourth-order valence-electron chi connectivity index (χ4n) is 2.56. The lowest BCUT2D eigenvalue weighted by Crippen LogP contribution is -2.58. The van der Waals surface area contributed by atoms with Crippen LogP contribution in [0, 0.1) is 0 Å². The van der Waals surface area contributed by atoms with E-state index in [2.05, 4.69) is 4.74 Å². The van der Waals surface area contributed by atoms with Gasteiger partial charge in [-0.05, 0) is 27.7 Å². The van der Waals surface area contributed by atoms with Crippen molar-refractivity contribution in [3.8, 4) is 0 Å². The highest BCUT2D eigenvalue weighted by Crippen LogP contribution is 2.18. The van der Waals surface area contributed by atoms with E-state index in [1.165, 1.54) is 16.9 Å². The highest BCUT2D eigenvalue weighted by atomic mass is 16.6. The summed E-state index contributed by atoms with van der Waals surface area (Å²) in [4.78, 5) is 50.8. The Morgan fingerprint density at radius 1 is 1.08 bits per heavy atom. The smallest absolute Gasteiger partial charge is 0.410 e. The molecule has 148 valence electrons. The summed E-state index contributed by atoms with van der Waals surface area (Å²) in [5.74, 6) is -1.57. The number of carbonyl (C=O) groups excluding carboxylic acids is 4. The third-order valence-corrected chi connectivity index (χ3v) is 3.69. The van der Waals surface area contributed by atoms with Gasteiger partial charge in [0.2, 0.25) is 5.91 Å². The Hall–Kier alpha value is -2.32. The highest BCUT2D eigenvalue weighted by molar-refractivity contribution is 5.94. The van der Waals surface area contributed by atoms with Crippen molar-refractivity contribution in [2.24, 2.45) is 0 Å². The Bertz CT molecular complexity index is 542. The molecule has 0 aromatic heterocycles. The minimum atomic E-state index is -0.647. The predicted molar refractivity (Wildman–Crippen MR) is 91.2 cm³/mol. The summed E-state index contributed by atoms with van der Waals surface area (Å²) in [7, 11) is 1.25. The molecular formula is C17H28N2O7. The number of nitrogens with zero attached hydrogens (tertiary/aromatic N) is 2. The van der Waals surface area contributed by atoms with Crippen molar-refractivity contribution < 1.29 is 33.4 Å². The quantitative estimate of drug-likeness (QED) is 0.402. The number of hydrogen-bond donors (Lipinski definition) is 0. The lowest BCUT2D eigenvalue weighted by molar-refractivity contribution is -0.151. The van der Waals surface area contributed by atoms with E-state index in [4.69, 9.17) is 9.47 Å². The molecule has 1 unspecified atom stereocenters. The molecule has 1 aliphatic rings. The molecule has 0 N–H and O–H groups in total.